The van der Waals surface area contributed by atoms with Crippen molar-refractivity contribution < 1.29 is 32.3 Å². The first-order valence-corrected chi connectivity index (χ1v) is 11.4. The largest absolute Gasteiger partial charge is 0.466 e. The second-order valence-corrected chi connectivity index (χ2v) is 8.85. The molecule has 1 aromatic carbocycles. The number of alkyl halides is 3. The number of nitrogens with zero attached hydrogens (tertiary/aromatic N) is 2. The Labute approximate surface area is 195 Å². The highest BCUT2D eigenvalue weighted by Gasteiger charge is 2.33. The second-order valence-electron chi connectivity index (χ2n) is 6.37. The third-order valence-corrected chi connectivity index (χ3v) is 6.23. The van der Waals surface area contributed by atoms with Crippen LogP contribution in [-0.4, -0.2) is 53.6 Å². The maximum absolute atomic E-state index is 12.9. The highest BCUT2D eigenvalue weighted by atomic mass is 35.5. The van der Waals surface area contributed by atoms with Crippen molar-refractivity contribution in [1.29, 1.82) is 0 Å². The number of aromatic nitrogens is 1. The molecule has 2 aromatic rings. The molecule has 1 aromatic heterocycles. The van der Waals surface area contributed by atoms with Gasteiger partial charge in [0, 0.05) is 18.1 Å². The summed E-state index contributed by atoms with van der Waals surface area (Å²) in [6.07, 6.45) is -4.62. The first-order valence-electron chi connectivity index (χ1n) is 9.13. The average Bonchev–Trinajstić information content (AvgIpc) is 3.13. The van der Waals surface area contributed by atoms with Crippen molar-refractivity contribution in [3.05, 3.63) is 39.9 Å². The molecule has 174 valence electrons. The number of hydrogen-bond donors (Lipinski definition) is 1. The maximum atomic E-state index is 12.9. The highest BCUT2D eigenvalue weighted by molar-refractivity contribution is 8.01. The zero-order chi connectivity index (χ0) is 23.9. The minimum atomic E-state index is -4.66. The van der Waals surface area contributed by atoms with Gasteiger partial charge in [-0.15, -0.1) is 11.3 Å². The number of carbonyl (C=O) groups is 3. The van der Waals surface area contributed by atoms with E-state index in [4.69, 9.17) is 16.3 Å². The summed E-state index contributed by atoms with van der Waals surface area (Å²) in [5, 5.41) is 3.54. The van der Waals surface area contributed by atoms with Crippen LogP contribution >= 0.6 is 34.7 Å². The van der Waals surface area contributed by atoms with Crippen LogP contribution in [0.15, 0.2) is 27.9 Å². The van der Waals surface area contributed by atoms with Crippen molar-refractivity contribution in [2.45, 2.75) is 23.9 Å². The number of thioether (sulfide) groups is 1. The van der Waals surface area contributed by atoms with Crippen LogP contribution in [-0.2, 0) is 31.7 Å². The average molecular weight is 510 g/mol. The molecule has 0 aliphatic rings. The predicted molar refractivity (Wildman–Crippen MR) is 116 cm³/mol. The molecule has 0 atom stereocenters. The number of hydrogen-bond acceptors (Lipinski definition) is 7. The van der Waals surface area contributed by atoms with E-state index in [2.05, 4.69) is 10.3 Å². The summed E-state index contributed by atoms with van der Waals surface area (Å²) < 4.78 is 44.2. The van der Waals surface area contributed by atoms with Gasteiger partial charge in [-0.2, -0.15) is 13.2 Å². The summed E-state index contributed by atoms with van der Waals surface area (Å²) in [6.45, 7) is 1.63. The number of thiazole rings is 1. The van der Waals surface area contributed by atoms with Crippen LogP contribution in [0.1, 0.15) is 18.2 Å². The number of halogens is 4. The molecule has 32 heavy (non-hydrogen) atoms. The first-order chi connectivity index (χ1) is 15.0. The van der Waals surface area contributed by atoms with Gasteiger partial charge in [-0.1, -0.05) is 23.4 Å². The van der Waals surface area contributed by atoms with Crippen LogP contribution < -0.4 is 5.32 Å². The van der Waals surface area contributed by atoms with Gasteiger partial charge >= 0.3 is 12.1 Å². The van der Waals surface area contributed by atoms with Crippen molar-refractivity contribution in [3.8, 4) is 0 Å². The molecule has 2 amide bonds. The monoisotopic (exact) mass is 509 g/mol. The van der Waals surface area contributed by atoms with E-state index in [0.717, 1.165) is 28.8 Å². The van der Waals surface area contributed by atoms with Crippen LogP contribution in [0.3, 0.4) is 0 Å². The number of amides is 2. The molecule has 0 radical (unpaired) electrons. The van der Waals surface area contributed by atoms with Crippen LogP contribution in [0, 0.1) is 0 Å². The number of nitrogens with one attached hydrogen (secondary N) is 1. The van der Waals surface area contributed by atoms with E-state index in [1.165, 1.54) is 24.5 Å². The number of esters is 1. The maximum Gasteiger partial charge on any atom is 0.417 e. The molecule has 13 heteroatoms. The summed E-state index contributed by atoms with van der Waals surface area (Å²) >= 11 is 7.98. The van der Waals surface area contributed by atoms with Crippen molar-refractivity contribution in [1.82, 2.24) is 9.88 Å². The van der Waals surface area contributed by atoms with Gasteiger partial charge in [0.2, 0.25) is 11.8 Å². The van der Waals surface area contributed by atoms with Gasteiger partial charge in [-0.3, -0.25) is 14.4 Å². The molecule has 7 nitrogen and oxygen atoms in total. The summed E-state index contributed by atoms with van der Waals surface area (Å²) in [5.74, 6) is -1.43. The van der Waals surface area contributed by atoms with Crippen molar-refractivity contribution >= 4 is 58.2 Å². The molecule has 0 unspecified atom stereocenters. The number of carbonyl (C=O) groups excluding carboxylic acids is 3. The van der Waals surface area contributed by atoms with Gasteiger partial charge < -0.3 is 15.0 Å². The van der Waals surface area contributed by atoms with Crippen molar-refractivity contribution in [2.75, 3.05) is 31.3 Å². The van der Waals surface area contributed by atoms with Crippen molar-refractivity contribution in [3.63, 3.8) is 0 Å². The van der Waals surface area contributed by atoms with Crippen LogP contribution in [0.2, 0.25) is 5.02 Å². The molecule has 0 aliphatic carbocycles. The molecule has 0 spiro atoms. The molecular weight excluding hydrogens is 491 g/mol. The lowest BCUT2D eigenvalue weighted by molar-refractivity contribution is -0.142. The number of benzene rings is 1. The lowest BCUT2D eigenvalue weighted by Gasteiger charge is -2.17. The summed E-state index contributed by atoms with van der Waals surface area (Å²) in [6, 6.07) is 3.01. The zero-order valence-electron chi connectivity index (χ0n) is 17.0. The van der Waals surface area contributed by atoms with E-state index >= 15 is 0 Å². The minimum Gasteiger partial charge on any atom is -0.466 e. The van der Waals surface area contributed by atoms with E-state index in [1.807, 2.05) is 0 Å². The molecule has 0 saturated carbocycles. The minimum absolute atomic E-state index is 0.00466. The highest BCUT2D eigenvalue weighted by Crippen LogP contribution is 2.36. The molecule has 2 rings (SSSR count). The van der Waals surface area contributed by atoms with Gasteiger partial charge in [0.25, 0.3) is 0 Å². The number of anilines is 1. The molecule has 1 heterocycles. The van der Waals surface area contributed by atoms with Gasteiger partial charge in [0.05, 0.1) is 41.6 Å². The van der Waals surface area contributed by atoms with Gasteiger partial charge in [-0.05, 0) is 25.1 Å². The summed E-state index contributed by atoms with van der Waals surface area (Å²) in [4.78, 5) is 41.3. The third kappa shape index (κ3) is 7.99. The molecule has 1 N–H and O–H groups in total. The zero-order valence-corrected chi connectivity index (χ0v) is 19.4. The Bertz CT molecular complexity index is 985. The van der Waals surface area contributed by atoms with Gasteiger partial charge in [0.1, 0.15) is 0 Å². The molecule has 0 aliphatic heterocycles. The van der Waals surface area contributed by atoms with E-state index in [0.29, 0.717) is 10.0 Å². The Hall–Kier alpha value is -2.31. The third-order valence-electron chi connectivity index (χ3n) is 3.84. The molecule has 0 fully saturated rings. The number of likely N-dealkylation sites (N-methyl/N-ethyl adjacent to an activating group) is 1. The topological polar surface area (TPSA) is 88.6 Å². The van der Waals surface area contributed by atoms with E-state index < -0.39 is 22.7 Å². The normalized spacial score (nSPS) is 11.2. The summed E-state index contributed by atoms with van der Waals surface area (Å²) in [7, 11) is 1.40. The van der Waals surface area contributed by atoms with E-state index in [-0.39, 0.29) is 42.9 Å². The predicted octanol–water partition coefficient (Wildman–Crippen LogP) is 4.11. The Morgan fingerprint density at radius 2 is 2.03 bits per heavy atom. The lowest BCUT2D eigenvalue weighted by Crippen LogP contribution is -2.36. The first kappa shape index (κ1) is 25.9. The quantitative estimate of drug-likeness (QED) is 0.404. The summed E-state index contributed by atoms with van der Waals surface area (Å²) in [5.41, 5.74) is -0.611. The number of rotatable bonds is 9. The second kappa shape index (κ2) is 11.5. The van der Waals surface area contributed by atoms with Crippen LogP contribution in [0.25, 0.3) is 0 Å². The van der Waals surface area contributed by atoms with Gasteiger partial charge in [-0.25, -0.2) is 4.98 Å². The Kier molecular flexibility index (Phi) is 9.34. The fourth-order valence-corrected chi connectivity index (χ4v) is 4.36. The molecule has 0 bridgehead atoms. The van der Waals surface area contributed by atoms with Crippen molar-refractivity contribution in [2.24, 2.45) is 0 Å². The lowest BCUT2D eigenvalue weighted by atomic mass is 10.2. The smallest absolute Gasteiger partial charge is 0.417 e. The fraction of sp³-hybridized carbons (Fsp3) is 0.368. The number of ether oxygens (including phenoxy) is 1. The van der Waals surface area contributed by atoms with Crippen LogP contribution in [0.5, 0.6) is 0 Å². The van der Waals surface area contributed by atoms with Gasteiger partial charge in [0.15, 0.2) is 4.34 Å². The molecule has 0 saturated heterocycles. The van der Waals surface area contributed by atoms with E-state index in [9.17, 15) is 27.6 Å². The standard InChI is InChI=1S/C19H19ClF3N3O4S2/c1-3-30-17(29)7-12-9-31-18(25-12)32-10-16(28)26(2)8-15(27)24-11-4-5-14(20)13(6-11)19(21,22)23/h4-6,9H,3,7-8,10H2,1-2H3,(H,24,27). The Morgan fingerprint density at radius 3 is 2.69 bits per heavy atom. The Balaban J connectivity index is 1.84. The Morgan fingerprint density at radius 1 is 1.31 bits per heavy atom. The SMILES string of the molecule is CCOC(=O)Cc1csc(SCC(=O)N(C)CC(=O)Nc2ccc(Cl)c(C(F)(F)F)c2)n1. The molecular formula is C19H19ClF3N3O4S2. The fourth-order valence-electron chi connectivity index (χ4n) is 2.35. The van der Waals surface area contributed by atoms with Crippen LogP contribution in [0.4, 0.5) is 18.9 Å². The van der Waals surface area contributed by atoms with E-state index in [1.54, 1.807) is 12.3 Å².